The van der Waals surface area contributed by atoms with Gasteiger partial charge >= 0.3 is 15.0 Å². The van der Waals surface area contributed by atoms with Crippen LogP contribution in [0.2, 0.25) is 5.02 Å². The SMILES string of the molecule is O=C(NC(CC1CCCCC1)C(=O)N[C@H]1CCCN(S(=O)(=O)c2cccc[n+]2[O-])CC1=O)c1ccc(-c2ccc(Cl)cc2)o1. The molecule has 44 heavy (non-hydrogen) atoms. The van der Waals surface area contributed by atoms with Gasteiger partial charge in [0.15, 0.2) is 17.7 Å². The molecule has 234 valence electrons. The van der Waals surface area contributed by atoms with Crippen molar-refractivity contribution in [3.05, 3.63) is 76.8 Å². The Morgan fingerprint density at radius 3 is 2.50 bits per heavy atom. The topological polar surface area (TPSA) is 153 Å². The molecule has 11 nitrogen and oxygen atoms in total. The van der Waals surface area contributed by atoms with Crippen molar-refractivity contribution in [3.63, 3.8) is 0 Å². The van der Waals surface area contributed by atoms with Crippen molar-refractivity contribution in [1.29, 1.82) is 0 Å². The van der Waals surface area contributed by atoms with Crippen LogP contribution in [-0.4, -0.2) is 55.5 Å². The van der Waals surface area contributed by atoms with Crippen LogP contribution >= 0.6 is 11.6 Å². The van der Waals surface area contributed by atoms with Crippen molar-refractivity contribution in [1.82, 2.24) is 14.9 Å². The molecule has 1 saturated heterocycles. The van der Waals surface area contributed by atoms with Crippen molar-refractivity contribution in [2.24, 2.45) is 5.92 Å². The summed E-state index contributed by atoms with van der Waals surface area (Å²) in [5, 5.41) is 17.8. The third-order valence-corrected chi connectivity index (χ3v) is 10.3. The Kier molecular flexibility index (Phi) is 10.0. The fraction of sp³-hybridized carbons (Fsp3) is 0.419. The van der Waals surface area contributed by atoms with Crippen molar-refractivity contribution in [3.8, 4) is 11.3 Å². The van der Waals surface area contributed by atoms with Gasteiger partial charge in [-0.2, -0.15) is 9.04 Å². The summed E-state index contributed by atoms with van der Waals surface area (Å²) < 4.78 is 33.3. The molecule has 2 atom stereocenters. The smallest absolute Gasteiger partial charge is 0.323 e. The second-order valence-corrected chi connectivity index (χ2v) is 13.6. The van der Waals surface area contributed by atoms with E-state index >= 15 is 0 Å². The number of carbonyl (C=O) groups excluding carboxylic acids is 3. The Labute approximate surface area is 261 Å². The summed E-state index contributed by atoms with van der Waals surface area (Å²) in [5.41, 5.74) is 0.741. The lowest BCUT2D eigenvalue weighted by Crippen LogP contribution is -2.53. The molecule has 2 aromatic heterocycles. The molecular formula is C31H35ClN4O7S. The molecule has 2 aliphatic rings. The van der Waals surface area contributed by atoms with Crippen LogP contribution in [0.5, 0.6) is 0 Å². The number of rotatable bonds is 9. The van der Waals surface area contributed by atoms with Gasteiger partial charge in [-0.3, -0.25) is 14.4 Å². The van der Waals surface area contributed by atoms with Gasteiger partial charge in [0.05, 0.1) is 12.6 Å². The molecule has 5 rings (SSSR count). The molecule has 1 aliphatic heterocycles. The molecule has 2 N–H and O–H groups in total. The number of aromatic nitrogens is 1. The average molecular weight is 643 g/mol. The number of Topliss-reactive ketones (excluding diaryl/α,β-unsaturated/α-hetero) is 1. The average Bonchev–Trinajstić information content (AvgIpc) is 3.43. The molecule has 1 aromatic carbocycles. The van der Waals surface area contributed by atoms with E-state index in [0.29, 0.717) is 23.6 Å². The summed E-state index contributed by atoms with van der Waals surface area (Å²) in [6, 6.07) is 12.4. The first-order valence-corrected chi connectivity index (χ1v) is 16.6. The summed E-state index contributed by atoms with van der Waals surface area (Å²) >= 11 is 5.97. The highest BCUT2D eigenvalue weighted by Gasteiger charge is 2.37. The summed E-state index contributed by atoms with van der Waals surface area (Å²) in [4.78, 5) is 40.1. The van der Waals surface area contributed by atoms with Crippen molar-refractivity contribution >= 4 is 39.2 Å². The van der Waals surface area contributed by atoms with Gasteiger partial charge in [0.1, 0.15) is 11.8 Å². The normalized spacial score (nSPS) is 19.2. The molecule has 1 unspecified atom stereocenters. The number of nitrogens with zero attached hydrogens (tertiary/aromatic N) is 2. The van der Waals surface area contributed by atoms with E-state index in [1.807, 2.05) is 0 Å². The molecule has 1 saturated carbocycles. The van der Waals surface area contributed by atoms with E-state index in [1.165, 1.54) is 24.3 Å². The summed E-state index contributed by atoms with van der Waals surface area (Å²) in [6.07, 6.45) is 7.10. The van der Waals surface area contributed by atoms with E-state index in [2.05, 4.69) is 10.6 Å². The predicted octanol–water partition coefficient (Wildman–Crippen LogP) is 3.84. The van der Waals surface area contributed by atoms with E-state index in [9.17, 15) is 28.0 Å². The highest BCUT2D eigenvalue weighted by atomic mass is 35.5. The first-order chi connectivity index (χ1) is 21.1. The molecule has 1 aliphatic carbocycles. The maximum atomic E-state index is 13.6. The molecule has 2 amide bonds. The van der Waals surface area contributed by atoms with E-state index in [4.69, 9.17) is 16.0 Å². The van der Waals surface area contributed by atoms with Gasteiger partial charge in [-0.25, -0.2) is 8.42 Å². The fourth-order valence-electron chi connectivity index (χ4n) is 5.82. The van der Waals surface area contributed by atoms with Gasteiger partial charge in [0, 0.05) is 29.3 Å². The molecule has 3 aromatic rings. The number of sulfonamides is 1. The Morgan fingerprint density at radius 2 is 1.77 bits per heavy atom. The number of hydrogen-bond acceptors (Lipinski definition) is 7. The van der Waals surface area contributed by atoms with Crippen molar-refractivity contribution in [2.45, 2.75) is 68.5 Å². The number of pyridine rings is 1. The lowest BCUT2D eigenvalue weighted by Gasteiger charge is -2.27. The lowest BCUT2D eigenvalue weighted by atomic mass is 9.84. The molecule has 13 heteroatoms. The zero-order chi connectivity index (χ0) is 31.3. The zero-order valence-electron chi connectivity index (χ0n) is 24.1. The number of halogens is 1. The Bertz CT molecular complexity index is 1600. The maximum Gasteiger partial charge on any atom is 0.323 e. The fourth-order valence-corrected chi connectivity index (χ4v) is 7.41. The zero-order valence-corrected chi connectivity index (χ0v) is 25.7. The highest BCUT2D eigenvalue weighted by molar-refractivity contribution is 7.89. The number of carbonyl (C=O) groups is 3. The monoisotopic (exact) mass is 642 g/mol. The first-order valence-electron chi connectivity index (χ1n) is 14.8. The highest BCUT2D eigenvalue weighted by Crippen LogP contribution is 2.28. The molecule has 0 spiro atoms. The number of hydrogen-bond donors (Lipinski definition) is 2. The van der Waals surface area contributed by atoms with Crippen LogP contribution in [0, 0.1) is 11.1 Å². The van der Waals surface area contributed by atoms with Crippen LogP contribution in [0.3, 0.4) is 0 Å². The molecular weight excluding hydrogens is 608 g/mol. The van der Waals surface area contributed by atoms with Gasteiger partial charge in [-0.15, -0.1) is 0 Å². The quantitative estimate of drug-likeness (QED) is 0.266. The Hall–Kier alpha value is -3.74. The van der Waals surface area contributed by atoms with E-state index in [-0.39, 0.29) is 29.4 Å². The minimum atomic E-state index is -4.23. The van der Waals surface area contributed by atoms with Crippen LogP contribution in [0.25, 0.3) is 11.3 Å². The van der Waals surface area contributed by atoms with Crippen LogP contribution in [0.1, 0.15) is 61.9 Å². The number of nitrogens with one attached hydrogen (secondary N) is 2. The van der Waals surface area contributed by atoms with Gasteiger partial charge in [-0.1, -0.05) is 43.7 Å². The van der Waals surface area contributed by atoms with Crippen molar-refractivity contribution < 1.29 is 31.9 Å². The standard InChI is InChI=1S/C31H35ClN4O7S/c32-23-13-11-22(12-14-23)27-15-16-28(43-27)31(39)34-25(19-21-7-2-1-3-8-21)30(38)33-24-9-6-17-35(20-26(24)37)44(41,42)29-10-4-5-18-36(29)40/h4-5,10-16,18,21,24-25H,1-3,6-9,17,19-20H2,(H,33,38)(H,34,39)/t24-,25?/m0/s1. The number of amides is 2. The maximum absolute atomic E-state index is 13.6. The van der Waals surface area contributed by atoms with Crippen LogP contribution in [-0.2, 0) is 19.6 Å². The summed E-state index contributed by atoms with van der Waals surface area (Å²) in [5.74, 6) is -0.811. The number of benzene rings is 1. The van der Waals surface area contributed by atoms with E-state index in [1.54, 1.807) is 30.3 Å². The largest absolute Gasteiger partial charge is 0.618 e. The van der Waals surface area contributed by atoms with Gasteiger partial charge in [0.25, 0.3) is 5.91 Å². The predicted molar refractivity (Wildman–Crippen MR) is 162 cm³/mol. The van der Waals surface area contributed by atoms with E-state index in [0.717, 1.165) is 48.2 Å². The Morgan fingerprint density at radius 1 is 1.02 bits per heavy atom. The summed E-state index contributed by atoms with van der Waals surface area (Å²) in [6.45, 7) is -0.465. The first kappa shape index (κ1) is 31.7. The lowest BCUT2D eigenvalue weighted by molar-refractivity contribution is -0.646. The third-order valence-electron chi connectivity index (χ3n) is 8.20. The minimum absolute atomic E-state index is 0.0199. The summed E-state index contributed by atoms with van der Waals surface area (Å²) in [7, 11) is -4.23. The van der Waals surface area contributed by atoms with Gasteiger partial charge in [-0.05, 0) is 67.6 Å². The van der Waals surface area contributed by atoms with Gasteiger partial charge < -0.3 is 20.3 Å². The molecule has 0 bridgehead atoms. The molecule has 2 fully saturated rings. The number of furan rings is 1. The minimum Gasteiger partial charge on any atom is -0.618 e. The van der Waals surface area contributed by atoms with Crippen LogP contribution in [0.4, 0.5) is 0 Å². The molecule has 0 radical (unpaired) electrons. The van der Waals surface area contributed by atoms with Crippen LogP contribution < -0.4 is 15.4 Å². The number of ketones is 1. The Balaban J connectivity index is 1.28. The van der Waals surface area contributed by atoms with E-state index < -0.39 is 51.3 Å². The van der Waals surface area contributed by atoms with Crippen molar-refractivity contribution in [2.75, 3.05) is 13.1 Å². The van der Waals surface area contributed by atoms with Crippen LogP contribution in [0.15, 0.2) is 70.2 Å². The molecule has 3 heterocycles. The van der Waals surface area contributed by atoms with Gasteiger partial charge in [0.2, 0.25) is 5.91 Å². The second kappa shape index (κ2) is 13.9. The second-order valence-electron chi connectivity index (χ2n) is 11.3. The third kappa shape index (κ3) is 7.48.